The topological polar surface area (TPSA) is 77.8 Å². The molecule has 0 spiro atoms. The van der Waals surface area contributed by atoms with E-state index in [-0.39, 0.29) is 29.0 Å². The fourth-order valence-corrected chi connectivity index (χ4v) is 5.71. The first-order chi connectivity index (χ1) is 10.9. The van der Waals surface area contributed by atoms with Gasteiger partial charge in [0.25, 0.3) is 0 Å². The van der Waals surface area contributed by atoms with Crippen molar-refractivity contribution in [1.82, 2.24) is 0 Å². The van der Waals surface area contributed by atoms with Gasteiger partial charge in [-0.25, -0.2) is 0 Å². The van der Waals surface area contributed by atoms with Crippen LogP contribution in [0.15, 0.2) is 12.7 Å². The van der Waals surface area contributed by atoms with Gasteiger partial charge in [0.1, 0.15) is 11.9 Å². The Kier molecular flexibility index (Phi) is 5.09. The minimum absolute atomic E-state index is 0.0208. The largest absolute Gasteiger partial charge is 0.387 e. The molecular weight excluding hydrogens is 304 g/mol. The van der Waals surface area contributed by atoms with E-state index in [0.717, 1.165) is 12.8 Å². The summed E-state index contributed by atoms with van der Waals surface area (Å²) in [6.45, 7) is 13.7. The van der Waals surface area contributed by atoms with Gasteiger partial charge in [-0.1, -0.05) is 40.7 Å². The maximum atomic E-state index is 13.1. The van der Waals surface area contributed by atoms with Crippen LogP contribution in [0.4, 0.5) is 0 Å². The van der Waals surface area contributed by atoms with E-state index >= 15 is 0 Å². The van der Waals surface area contributed by atoms with Gasteiger partial charge in [0.2, 0.25) is 0 Å². The van der Waals surface area contributed by atoms with Crippen LogP contribution in [0.25, 0.3) is 0 Å². The second kappa shape index (κ2) is 6.22. The minimum atomic E-state index is -2.25. The highest BCUT2D eigenvalue weighted by molar-refractivity contribution is 5.83. The molecule has 0 bridgehead atoms. The SMILES string of the molecule is C=C[C@@H](C)CC(=O)[C@@H]1[C@@H](C)CC[C@H]2C(C)(C)CC(O)C(O)(O)[C@]12C. The summed E-state index contributed by atoms with van der Waals surface area (Å²) in [4.78, 5) is 13.1. The van der Waals surface area contributed by atoms with Gasteiger partial charge in [-0.05, 0) is 42.4 Å². The molecule has 0 amide bonds. The fraction of sp³-hybridized carbons (Fsp3) is 0.850. The number of allylic oxidation sites excluding steroid dienone is 1. The van der Waals surface area contributed by atoms with E-state index in [2.05, 4.69) is 20.4 Å². The van der Waals surface area contributed by atoms with Crippen LogP contribution in [0.2, 0.25) is 0 Å². The Hall–Kier alpha value is -0.710. The lowest BCUT2D eigenvalue weighted by Crippen LogP contribution is -2.71. The molecule has 0 heterocycles. The number of fused-ring (bicyclic) bond motifs is 1. The first-order valence-corrected chi connectivity index (χ1v) is 9.17. The lowest BCUT2D eigenvalue weighted by atomic mass is 9.43. The van der Waals surface area contributed by atoms with Crippen molar-refractivity contribution in [3.63, 3.8) is 0 Å². The second-order valence-electron chi connectivity index (χ2n) is 9.19. The summed E-state index contributed by atoms with van der Waals surface area (Å²) in [7, 11) is 0. The van der Waals surface area contributed by atoms with Crippen LogP contribution in [0.5, 0.6) is 0 Å². The Balaban J connectivity index is 2.52. The monoisotopic (exact) mass is 338 g/mol. The van der Waals surface area contributed by atoms with Crippen LogP contribution in [0.3, 0.4) is 0 Å². The highest BCUT2D eigenvalue weighted by Gasteiger charge is 2.68. The van der Waals surface area contributed by atoms with Crippen LogP contribution >= 0.6 is 0 Å². The van der Waals surface area contributed by atoms with E-state index in [4.69, 9.17) is 0 Å². The van der Waals surface area contributed by atoms with Crippen LogP contribution in [-0.4, -0.2) is 33.0 Å². The van der Waals surface area contributed by atoms with E-state index in [1.54, 1.807) is 13.0 Å². The number of aliphatic hydroxyl groups is 3. The van der Waals surface area contributed by atoms with Crippen molar-refractivity contribution >= 4 is 5.78 Å². The normalized spacial score (nSPS) is 42.0. The zero-order valence-corrected chi connectivity index (χ0v) is 15.7. The summed E-state index contributed by atoms with van der Waals surface area (Å²) in [6, 6.07) is 0. The number of carbonyl (C=O) groups is 1. The fourth-order valence-electron chi connectivity index (χ4n) is 5.71. The second-order valence-corrected chi connectivity index (χ2v) is 9.19. The number of ketones is 1. The van der Waals surface area contributed by atoms with E-state index in [9.17, 15) is 20.1 Å². The third-order valence-corrected chi connectivity index (χ3v) is 7.04. The summed E-state index contributed by atoms with van der Waals surface area (Å²) in [5, 5.41) is 32.2. The standard InChI is InChI=1S/C20H34O4/c1-7-12(2)10-14(21)17-13(3)8-9-15-18(4,5)11-16(22)20(23,24)19(15,17)6/h7,12-13,15-17,22-24H,1,8-11H2,2-6H3/t12-,13+,15+,16?,17+,19+/m1/s1. The predicted molar refractivity (Wildman–Crippen MR) is 94.0 cm³/mol. The molecule has 1 unspecified atom stereocenters. The van der Waals surface area contributed by atoms with Crippen molar-refractivity contribution < 1.29 is 20.1 Å². The molecule has 24 heavy (non-hydrogen) atoms. The smallest absolute Gasteiger partial charge is 0.195 e. The zero-order chi connectivity index (χ0) is 18.5. The third-order valence-electron chi connectivity index (χ3n) is 7.04. The third kappa shape index (κ3) is 2.77. The number of hydrogen-bond acceptors (Lipinski definition) is 4. The molecule has 0 aromatic rings. The summed E-state index contributed by atoms with van der Waals surface area (Å²) < 4.78 is 0. The van der Waals surface area contributed by atoms with Gasteiger partial charge >= 0.3 is 0 Å². The number of aliphatic hydroxyl groups excluding tert-OH is 1. The number of carbonyl (C=O) groups excluding carboxylic acids is 1. The average molecular weight is 338 g/mol. The molecule has 2 saturated carbocycles. The molecule has 2 rings (SSSR count). The first-order valence-electron chi connectivity index (χ1n) is 9.17. The Bertz CT molecular complexity index is 510. The van der Waals surface area contributed by atoms with Crippen LogP contribution < -0.4 is 0 Å². The maximum absolute atomic E-state index is 13.1. The quantitative estimate of drug-likeness (QED) is 0.544. The van der Waals surface area contributed by atoms with Gasteiger partial charge in [0.15, 0.2) is 5.79 Å². The predicted octanol–water partition coefficient (Wildman–Crippen LogP) is 2.91. The van der Waals surface area contributed by atoms with Crippen LogP contribution in [-0.2, 0) is 4.79 Å². The van der Waals surface area contributed by atoms with E-state index in [1.807, 2.05) is 13.8 Å². The maximum Gasteiger partial charge on any atom is 0.195 e. The summed E-state index contributed by atoms with van der Waals surface area (Å²) in [5.74, 6) is -2.56. The van der Waals surface area contributed by atoms with Crippen molar-refractivity contribution in [3.05, 3.63) is 12.7 Å². The molecule has 0 radical (unpaired) electrons. The van der Waals surface area contributed by atoms with Crippen molar-refractivity contribution in [2.45, 2.75) is 72.2 Å². The lowest BCUT2D eigenvalue weighted by Gasteiger charge is -2.64. The Morgan fingerprint density at radius 2 is 1.88 bits per heavy atom. The number of Topliss-reactive ketones (excluding diaryl/α,β-unsaturated/α-hetero) is 1. The molecule has 2 aliphatic carbocycles. The Morgan fingerprint density at radius 1 is 1.29 bits per heavy atom. The molecule has 3 N–H and O–H groups in total. The molecule has 0 aromatic carbocycles. The van der Waals surface area contributed by atoms with Gasteiger partial charge in [0.05, 0.1) is 0 Å². The summed E-state index contributed by atoms with van der Waals surface area (Å²) in [5.41, 5.74) is -1.30. The van der Waals surface area contributed by atoms with Gasteiger partial charge in [-0.2, -0.15) is 0 Å². The summed E-state index contributed by atoms with van der Waals surface area (Å²) >= 11 is 0. The number of rotatable bonds is 4. The molecular formula is C20H34O4. The molecule has 0 aliphatic heterocycles. The first kappa shape index (κ1) is 19.6. The molecule has 0 saturated heterocycles. The number of hydrogen-bond donors (Lipinski definition) is 3. The average Bonchev–Trinajstić information content (AvgIpc) is 2.44. The molecule has 138 valence electrons. The van der Waals surface area contributed by atoms with Crippen LogP contribution in [0, 0.1) is 34.5 Å². The van der Waals surface area contributed by atoms with Gasteiger partial charge < -0.3 is 15.3 Å². The molecule has 4 nitrogen and oxygen atoms in total. The molecule has 0 aromatic heterocycles. The lowest BCUT2D eigenvalue weighted by molar-refractivity contribution is -0.356. The van der Waals surface area contributed by atoms with Crippen molar-refractivity contribution in [2.24, 2.45) is 34.5 Å². The van der Waals surface area contributed by atoms with Gasteiger partial charge in [0, 0.05) is 17.8 Å². The van der Waals surface area contributed by atoms with E-state index < -0.39 is 23.2 Å². The van der Waals surface area contributed by atoms with Crippen molar-refractivity contribution in [3.8, 4) is 0 Å². The minimum Gasteiger partial charge on any atom is -0.387 e. The highest BCUT2D eigenvalue weighted by atomic mass is 16.5. The molecule has 4 heteroatoms. The van der Waals surface area contributed by atoms with Crippen LogP contribution in [0.1, 0.15) is 60.3 Å². The Labute approximate surface area is 146 Å². The van der Waals surface area contributed by atoms with Gasteiger partial charge in [-0.3, -0.25) is 4.79 Å². The summed E-state index contributed by atoms with van der Waals surface area (Å²) in [6.07, 6.45) is 2.95. The molecule has 2 fully saturated rings. The Morgan fingerprint density at radius 3 is 2.42 bits per heavy atom. The molecule has 2 aliphatic rings. The van der Waals surface area contributed by atoms with Crippen molar-refractivity contribution in [1.29, 1.82) is 0 Å². The van der Waals surface area contributed by atoms with E-state index in [0.29, 0.717) is 12.8 Å². The molecule has 6 atom stereocenters. The van der Waals surface area contributed by atoms with Crippen molar-refractivity contribution in [2.75, 3.05) is 0 Å². The zero-order valence-electron chi connectivity index (χ0n) is 15.7. The van der Waals surface area contributed by atoms with E-state index in [1.165, 1.54) is 0 Å². The van der Waals surface area contributed by atoms with Gasteiger partial charge in [-0.15, -0.1) is 6.58 Å². The highest BCUT2D eigenvalue weighted by Crippen LogP contribution is 2.64.